The smallest absolute Gasteiger partial charge is 0.149 e. The van der Waals surface area contributed by atoms with Crippen LogP contribution in [0.1, 0.15) is 22.5 Å². The number of rotatable bonds is 5. The van der Waals surface area contributed by atoms with Crippen molar-refractivity contribution in [3.63, 3.8) is 0 Å². The first-order valence-corrected chi connectivity index (χ1v) is 9.07. The topological polar surface area (TPSA) is 61.7 Å². The van der Waals surface area contributed by atoms with E-state index in [0.717, 1.165) is 27.9 Å². The Balaban J connectivity index is 1.62. The summed E-state index contributed by atoms with van der Waals surface area (Å²) < 4.78 is 6.02. The molecule has 1 aromatic heterocycles. The number of aryl methyl sites for hydroxylation is 1. The zero-order valence-electron chi connectivity index (χ0n) is 15.5. The second-order valence-corrected chi connectivity index (χ2v) is 6.58. The number of nitrogens with one attached hydrogen (secondary N) is 1. The molecule has 4 heteroatoms. The van der Waals surface area contributed by atoms with Gasteiger partial charge < -0.3 is 9.72 Å². The van der Waals surface area contributed by atoms with E-state index in [9.17, 15) is 5.26 Å². The molecule has 4 aromatic rings. The van der Waals surface area contributed by atoms with Crippen LogP contribution in [-0.4, -0.2) is 9.97 Å². The molecular formula is C24H19N3O. The van der Waals surface area contributed by atoms with Crippen LogP contribution in [0.5, 0.6) is 5.75 Å². The van der Waals surface area contributed by atoms with Crippen molar-refractivity contribution in [3.05, 3.63) is 95.3 Å². The number of ether oxygens (including phenoxy) is 1. The van der Waals surface area contributed by atoms with Gasteiger partial charge in [0.1, 0.15) is 24.3 Å². The van der Waals surface area contributed by atoms with Gasteiger partial charge in [0.15, 0.2) is 0 Å². The molecule has 0 aliphatic heterocycles. The van der Waals surface area contributed by atoms with Gasteiger partial charge in [0, 0.05) is 5.56 Å². The van der Waals surface area contributed by atoms with Crippen molar-refractivity contribution < 1.29 is 4.74 Å². The molecule has 0 amide bonds. The van der Waals surface area contributed by atoms with Crippen LogP contribution in [0.2, 0.25) is 0 Å². The second-order valence-electron chi connectivity index (χ2n) is 6.58. The molecule has 0 radical (unpaired) electrons. The van der Waals surface area contributed by atoms with Crippen LogP contribution in [0.15, 0.2) is 72.8 Å². The third-order valence-corrected chi connectivity index (χ3v) is 4.50. The van der Waals surface area contributed by atoms with Crippen molar-refractivity contribution in [1.29, 1.82) is 5.26 Å². The Morgan fingerprint density at radius 3 is 2.57 bits per heavy atom. The van der Waals surface area contributed by atoms with Gasteiger partial charge in [0.2, 0.25) is 0 Å². The van der Waals surface area contributed by atoms with E-state index in [-0.39, 0.29) is 0 Å². The van der Waals surface area contributed by atoms with Gasteiger partial charge in [-0.1, -0.05) is 60.2 Å². The summed E-state index contributed by atoms with van der Waals surface area (Å²) in [6.45, 7) is 2.53. The third kappa shape index (κ3) is 3.79. The molecule has 0 aliphatic rings. The molecule has 4 nitrogen and oxygen atoms in total. The number of imidazole rings is 1. The van der Waals surface area contributed by atoms with Crippen LogP contribution in [0, 0.1) is 18.3 Å². The molecule has 3 aromatic carbocycles. The summed E-state index contributed by atoms with van der Waals surface area (Å²) >= 11 is 0. The fourth-order valence-corrected chi connectivity index (χ4v) is 2.97. The van der Waals surface area contributed by atoms with E-state index in [2.05, 4.69) is 47.2 Å². The molecule has 136 valence electrons. The molecule has 0 saturated carbocycles. The number of nitrogens with zero attached hydrogens (tertiary/aromatic N) is 2. The molecule has 0 aliphatic carbocycles. The molecule has 1 heterocycles. The van der Waals surface area contributed by atoms with Gasteiger partial charge in [-0.15, -0.1) is 0 Å². The first-order valence-electron chi connectivity index (χ1n) is 9.07. The zero-order valence-corrected chi connectivity index (χ0v) is 15.5. The maximum atomic E-state index is 9.67. The molecule has 1 N–H and O–H groups in total. The van der Waals surface area contributed by atoms with Crippen molar-refractivity contribution >= 4 is 22.7 Å². The van der Waals surface area contributed by atoms with E-state index in [1.54, 1.807) is 0 Å². The van der Waals surface area contributed by atoms with Crippen molar-refractivity contribution in [1.82, 2.24) is 9.97 Å². The van der Waals surface area contributed by atoms with Crippen molar-refractivity contribution in [3.8, 4) is 11.8 Å². The van der Waals surface area contributed by atoms with Crippen LogP contribution < -0.4 is 4.74 Å². The molecule has 0 bridgehead atoms. The fourth-order valence-electron chi connectivity index (χ4n) is 2.97. The average Bonchev–Trinajstić information content (AvgIpc) is 3.16. The summed E-state index contributed by atoms with van der Waals surface area (Å²) in [5, 5.41) is 9.67. The summed E-state index contributed by atoms with van der Waals surface area (Å²) in [6.07, 6.45) is 1.81. The maximum absolute atomic E-state index is 9.67. The van der Waals surface area contributed by atoms with Gasteiger partial charge >= 0.3 is 0 Å². The Labute approximate surface area is 163 Å². The van der Waals surface area contributed by atoms with Gasteiger partial charge in [-0.05, 0) is 36.8 Å². The molecule has 0 unspecified atom stereocenters. The number of fused-ring (bicyclic) bond motifs is 1. The molecule has 4 rings (SSSR count). The van der Waals surface area contributed by atoms with Gasteiger partial charge in [-0.2, -0.15) is 5.26 Å². The molecule has 0 fully saturated rings. The first kappa shape index (κ1) is 17.6. The normalized spacial score (nSPS) is 11.4. The van der Waals surface area contributed by atoms with E-state index < -0.39 is 0 Å². The van der Waals surface area contributed by atoms with Crippen molar-refractivity contribution in [2.24, 2.45) is 0 Å². The number of hydrogen-bond acceptors (Lipinski definition) is 3. The first-order chi connectivity index (χ1) is 13.7. The highest BCUT2D eigenvalue weighted by atomic mass is 16.5. The molecule has 0 saturated heterocycles. The Bertz CT molecular complexity index is 1150. The lowest BCUT2D eigenvalue weighted by Crippen LogP contribution is -1.97. The van der Waals surface area contributed by atoms with Crippen LogP contribution >= 0.6 is 0 Å². The lowest BCUT2D eigenvalue weighted by molar-refractivity contribution is 0.305. The molecular weight excluding hydrogens is 346 g/mol. The zero-order chi connectivity index (χ0) is 19.3. The number of H-pyrrole nitrogens is 1. The minimum absolute atomic E-state index is 0.461. The number of aromatic nitrogens is 2. The predicted octanol–water partition coefficient (Wildman–Crippen LogP) is 5.51. The average molecular weight is 365 g/mol. The number of nitriles is 1. The number of benzene rings is 3. The summed E-state index contributed by atoms with van der Waals surface area (Å²) in [7, 11) is 0. The van der Waals surface area contributed by atoms with Crippen LogP contribution in [-0.2, 0) is 6.61 Å². The van der Waals surface area contributed by atoms with Crippen molar-refractivity contribution in [2.45, 2.75) is 13.5 Å². The van der Waals surface area contributed by atoms with Gasteiger partial charge in [0.25, 0.3) is 0 Å². The minimum atomic E-state index is 0.461. The number of allylic oxidation sites excluding steroid dienone is 1. The van der Waals surface area contributed by atoms with Crippen LogP contribution in [0.3, 0.4) is 0 Å². The van der Waals surface area contributed by atoms with E-state index >= 15 is 0 Å². The van der Waals surface area contributed by atoms with Crippen LogP contribution in [0.25, 0.3) is 22.7 Å². The summed E-state index contributed by atoms with van der Waals surface area (Å²) in [4.78, 5) is 7.73. The number of para-hydroxylation sites is 3. The molecule has 28 heavy (non-hydrogen) atoms. The fraction of sp³-hybridized carbons (Fsp3) is 0.0833. The molecule has 0 atom stereocenters. The monoisotopic (exact) mass is 365 g/mol. The van der Waals surface area contributed by atoms with Gasteiger partial charge in [-0.3, -0.25) is 0 Å². The number of hydrogen-bond donors (Lipinski definition) is 1. The highest BCUT2D eigenvalue weighted by molar-refractivity contribution is 5.91. The lowest BCUT2D eigenvalue weighted by Gasteiger charge is -2.10. The Morgan fingerprint density at radius 2 is 1.79 bits per heavy atom. The minimum Gasteiger partial charge on any atom is -0.488 e. The van der Waals surface area contributed by atoms with E-state index in [1.807, 2.05) is 54.6 Å². The van der Waals surface area contributed by atoms with E-state index in [1.165, 1.54) is 5.56 Å². The highest BCUT2D eigenvalue weighted by Crippen LogP contribution is 2.25. The predicted molar refractivity (Wildman–Crippen MR) is 112 cm³/mol. The second kappa shape index (κ2) is 7.81. The standard InChI is InChI=1S/C24H19N3O/c1-17-10-12-18(13-11-17)16-28-23-9-5-2-6-19(23)14-20(15-25)24-26-21-7-3-4-8-22(21)27-24/h2-14H,16H2,1H3,(H,26,27)/b20-14-. The Hall–Kier alpha value is -3.84. The van der Waals surface area contributed by atoms with E-state index in [4.69, 9.17) is 4.74 Å². The third-order valence-electron chi connectivity index (χ3n) is 4.50. The highest BCUT2D eigenvalue weighted by Gasteiger charge is 2.09. The Kier molecular flexibility index (Phi) is 4.90. The quantitative estimate of drug-likeness (QED) is 0.474. The summed E-state index contributed by atoms with van der Waals surface area (Å²) in [5.74, 6) is 1.28. The number of aromatic amines is 1. The van der Waals surface area contributed by atoms with Gasteiger partial charge in [-0.25, -0.2) is 4.98 Å². The summed E-state index contributed by atoms with van der Waals surface area (Å²) in [6, 6.07) is 25.9. The van der Waals surface area contributed by atoms with Crippen molar-refractivity contribution in [2.75, 3.05) is 0 Å². The molecule has 0 spiro atoms. The lowest BCUT2D eigenvalue weighted by atomic mass is 10.1. The SMILES string of the molecule is Cc1ccc(COc2ccccc2/C=C(/C#N)c2nc3ccccc3[nH]2)cc1. The van der Waals surface area contributed by atoms with Gasteiger partial charge in [0.05, 0.1) is 16.6 Å². The summed E-state index contributed by atoms with van der Waals surface area (Å²) in [5.41, 5.74) is 5.36. The van der Waals surface area contributed by atoms with Crippen LogP contribution in [0.4, 0.5) is 0 Å². The van der Waals surface area contributed by atoms with E-state index in [0.29, 0.717) is 18.0 Å². The Morgan fingerprint density at radius 1 is 1.04 bits per heavy atom. The maximum Gasteiger partial charge on any atom is 0.149 e. The largest absolute Gasteiger partial charge is 0.488 e.